The van der Waals surface area contributed by atoms with E-state index in [1.165, 1.54) is 10.4 Å². The van der Waals surface area contributed by atoms with Gasteiger partial charge in [-0.15, -0.1) is 0 Å². The van der Waals surface area contributed by atoms with Crippen LogP contribution < -0.4 is 0 Å². The van der Waals surface area contributed by atoms with Crippen LogP contribution in [0.2, 0.25) is 5.02 Å². The monoisotopic (exact) mass is 395 g/mol. The largest absolute Gasteiger partial charge is 0.478 e. The first-order chi connectivity index (χ1) is 9.77. The van der Waals surface area contributed by atoms with Gasteiger partial charge in [-0.3, -0.25) is 0 Å². The van der Waals surface area contributed by atoms with Crippen molar-refractivity contribution < 1.29 is 18.3 Å². The quantitative estimate of drug-likeness (QED) is 0.848. The average molecular weight is 397 g/mol. The Labute approximate surface area is 137 Å². The number of rotatable bonds is 4. The molecule has 0 amide bonds. The van der Waals surface area contributed by atoms with Gasteiger partial charge < -0.3 is 5.11 Å². The Hall–Kier alpha value is -0.630. The number of carboxylic acid groups (broad SMARTS) is 1. The van der Waals surface area contributed by atoms with E-state index in [0.717, 1.165) is 18.9 Å². The van der Waals surface area contributed by atoms with Crippen LogP contribution in [0.4, 0.5) is 0 Å². The number of nitrogens with zero attached hydrogens (tertiary/aromatic N) is 1. The number of sulfonamides is 1. The highest BCUT2D eigenvalue weighted by Gasteiger charge is 2.32. The summed E-state index contributed by atoms with van der Waals surface area (Å²) in [6.45, 7) is 2.97. The van der Waals surface area contributed by atoms with E-state index in [1.807, 2.05) is 6.92 Å². The van der Waals surface area contributed by atoms with Crippen molar-refractivity contribution in [1.82, 2.24) is 4.31 Å². The first kappa shape index (κ1) is 16.7. The molecule has 1 aromatic carbocycles. The van der Waals surface area contributed by atoms with Crippen molar-refractivity contribution >= 4 is 43.5 Å². The predicted molar refractivity (Wildman–Crippen MR) is 83.3 cm³/mol. The van der Waals surface area contributed by atoms with Gasteiger partial charge in [-0.05, 0) is 40.4 Å². The van der Waals surface area contributed by atoms with Gasteiger partial charge in [0.05, 0.1) is 15.5 Å². The summed E-state index contributed by atoms with van der Waals surface area (Å²) in [4.78, 5) is 11.1. The zero-order valence-electron chi connectivity index (χ0n) is 11.3. The zero-order valence-corrected chi connectivity index (χ0v) is 14.5. The third-order valence-corrected chi connectivity index (χ3v) is 6.80. The lowest BCUT2D eigenvalue weighted by molar-refractivity contribution is 0.0696. The molecule has 0 bridgehead atoms. The van der Waals surface area contributed by atoms with Gasteiger partial charge in [-0.1, -0.05) is 24.9 Å². The van der Waals surface area contributed by atoms with Crippen LogP contribution >= 0.6 is 27.5 Å². The van der Waals surface area contributed by atoms with Gasteiger partial charge in [0.2, 0.25) is 10.0 Å². The second-order valence-corrected chi connectivity index (χ2v) is 8.17. The molecule has 1 unspecified atom stereocenters. The van der Waals surface area contributed by atoms with Crippen molar-refractivity contribution in [2.45, 2.75) is 24.7 Å². The number of hydrogen-bond acceptors (Lipinski definition) is 3. The molecule has 1 aliphatic heterocycles. The third-order valence-electron chi connectivity index (χ3n) is 3.70. The minimum absolute atomic E-state index is 0.00527. The fraction of sp³-hybridized carbons (Fsp3) is 0.462. The van der Waals surface area contributed by atoms with Crippen LogP contribution in [0.1, 0.15) is 30.1 Å². The van der Waals surface area contributed by atoms with Gasteiger partial charge in [0, 0.05) is 17.6 Å². The lowest BCUT2D eigenvalue weighted by atomic mass is 10.1. The van der Waals surface area contributed by atoms with Gasteiger partial charge in [-0.2, -0.15) is 4.31 Å². The van der Waals surface area contributed by atoms with E-state index in [1.54, 1.807) is 0 Å². The van der Waals surface area contributed by atoms with Crippen LogP contribution in [0, 0.1) is 5.92 Å². The van der Waals surface area contributed by atoms with Crippen LogP contribution in [0.15, 0.2) is 21.5 Å². The molecule has 1 aromatic rings. The summed E-state index contributed by atoms with van der Waals surface area (Å²) in [5.74, 6) is -0.903. The van der Waals surface area contributed by atoms with E-state index >= 15 is 0 Å². The number of aromatic carboxylic acids is 1. The van der Waals surface area contributed by atoms with Crippen molar-refractivity contribution in [3.63, 3.8) is 0 Å². The van der Waals surface area contributed by atoms with Crippen LogP contribution in [-0.4, -0.2) is 36.9 Å². The minimum atomic E-state index is -3.70. The highest BCUT2D eigenvalue weighted by Crippen LogP contribution is 2.33. The summed E-state index contributed by atoms with van der Waals surface area (Å²) in [7, 11) is -3.70. The molecule has 5 nitrogen and oxygen atoms in total. The van der Waals surface area contributed by atoms with Crippen molar-refractivity contribution in [3.05, 3.63) is 27.2 Å². The van der Waals surface area contributed by atoms with E-state index in [-0.39, 0.29) is 20.0 Å². The van der Waals surface area contributed by atoms with E-state index in [2.05, 4.69) is 15.9 Å². The smallest absolute Gasteiger partial charge is 0.337 e. The maximum absolute atomic E-state index is 12.6. The minimum Gasteiger partial charge on any atom is -0.478 e. The summed E-state index contributed by atoms with van der Waals surface area (Å²) in [5, 5.41) is 9.11. The van der Waals surface area contributed by atoms with Crippen molar-refractivity contribution in [2.24, 2.45) is 5.92 Å². The van der Waals surface area contributed by atoms with Gasteiger partial charge in [0.1, 0.15) is 0 Å². The molecule has 2 rings (SSSR count). The molecular formula is C13H15BrClNO4S. The van der Waals surface area contributed by atoms with Gasteiger partial charge >= 0.3 is 5.97 Å². The number of carbonyl (C=O) groups is 1. The summed E-state index contributed by atoms with van der Waals surface area (Å²) in [6.07, 6.45) is 1.76. The number of carboxylic acids is 1. The summed E-state index contributed by atoms with van der Waals surface area (Å²) in [5.41, 5.74) is -0.226. The average Bonchev–Trinajstić information content (AvgIpc) is 2.90. The first-order valence-electron chi connectivity index (χ1n) is 6.49. The molecule has 0 aromatic heterocycles. The molecule has 1 heterocycles. The van der Waals surface area contributed by atoms with Crippen molar-refractivity contribution in [3.8, 4) is 0 Å². The van der Waals surface area contributed by atoms with Gasteiger partial charge in [0.25, 0.3) is 0 Å². The zero-order chi connectivity index (χ0) is 15.8. The molecule has 0 spiro atoms. The van der Waals surface area contributed by atoms with Crippen molar-refractivity contribution in [1.29, 1.82) is 0 Å². The number of hydrogen-bond donors (Lipinski definition) is 1. The molecular weight excluding hydrogens is 382 g/mol. The molecule has 21 heavy (non-hydrogen) atoms. The molecule has 1 saturated heterocycles. The Morgan fingerprint density at radius 2 is 2.19 bits per heavy atom. The Balaban J connectivity index is 2.44. The Kier molecular flexibility index (Phi) is 4.97. The summed E-state index contributed by atoms with van der Waals surface area (Å²) < 4.78 is 26.9. The summed E-state index contributed by atoms with van der Waals surface area (Å²) >= 11 is 8.99. The van der Waals surface area contributed by atoms with E-state index in [4.69, 9.17) is 16.7 Å². The molecule has 0 radical (unpaired) electrons. The molecule has 1 N–H and O–H groups in total. The van der Waals surface area contributed by atoms with E-state index < -0.39 is 16.0 Å². The Bertz CT molecular complexity index is 677. The lowest BCUT2D eigenvalue weighted by Crippen LogP contribution is -2.29. The van der Waals surface area contributed by atoms with Gasteiger partial charge in [0.15, 0.2) is 0 Å². The van der Waals surface area contributed by atoms with Crippen LogP contribution in [0.3, 0.4) is 0 Å². The van der Waals surface area contributed by atoms with E-state index in [0.29, 0.717) is 19.0 Å². The second kappa shape index (κ2) is 6.24. The second-order valence-electron chi connectivity index (χ2n) is 5.00. The Morgan fingerprint density at radius 1 is 1.52 bits per heavy atom. The lowest BCUT2D eigenvalue weighted by Gasteiger charge is -2.17. The molecule has 8 heteroatoms. The highest BCUT2D eigenvalue weighted by atomic mass is 79.9. The first-order valence-corrected chi connectivity index (χ1v) is 9.11. The van der Waals surface area contributed by atoms with Crippen molar-refractivity contribution in [2.75, 3.05) is 13.1 Å². The fourth-order valence-corrected chi connectivity index (χ4v) is 4.75. The van der Waals surface area contributed by atoms with Gasteiger partial charge in [-0.25, -0.2) is 13.2 Å². The molecule has 0 aliphatic carbocycles. The molecule has 116 valence electrons. The molecule has 0 saturated carbocycles. The maximum Gasteiger partial charge on any atom is 0.337 e. The highest BCUT2D eigenvalue weighted by molar-refractivity contribution is 9.10. The number of halogens is 2. The topological polar surface area (TPSA) is 74.7 Å². The van der Waals surface area contributed by atoms with Crippen LogP contribution in [0.5, 0.6) is 0 Å². The Morgan fingerprint density at radius 3 is 2.71 bits per heavy atom. The SMILES string of the molecule is CCC1CCN(S(=O)(=O)c2cc(Br)c(Cl)c(C(=O)O)c2)C1. The van der Waals surface area contributed by atoms with E-state index in [9.17, 15) is 13.2 Å². The predicted octanol–water partition coefficient (Wildman–Crippen LogP) is 3.22. The maximum atomic E-state index is 12.6. The third kappa shape index (κ3) is 3.26. The molecule has 1 aliphatic rings. The summed E-state index contributed by atoms with van der Waals surface area (Å²) in [6, 6.07) is 2.47. The van der Waals surface area contributed by atoms with Crippen LogP contribution in [-0.2, 0) is 10.0 Å². The normalized spacial score (nSPS) is 19.9. The standard InChI is InChI=1S/C13H15BrClNO4S/c1-2-8-3-4-16(7-8)21(19,20)9-5-10(13(17)18)12(15)11(14)6-9/h5-6,8H,2-4,7H2,1H3,(H,17,18). The molecule has 1 atom stereocenters. The van der Waals surface area contributed by atoms with Crippen LogP contribution in [0.25, 0.3) is 0 Å². The fourth-order valence-electron chi connectivity index (χ4n) is 2.37. The number of benzene rings is 1. The molecule has 1 fully saturated rings.